The zero-order valence-corrected chi connectivity index (χ0v) is 16.8. The van der Waals surface area contributed by atoms with Crippen molar-refractivity contribution in [3.63, 3.8) is 0 Å². The molecular formula is C19H33N5O3. The topological polar surface area (TPSA) is 83.7 Å². The fraction of sp³-hybridized carbons (Fsp3) is 0.842. The quantitative estimate of drug-likeness (QED) is 0.721. The molecule has 1 aromatic heterocycles. The number of likely N-dealkylation sites (tertiary alicyclic amines) is 1. The first-order valence-corrected chi connectivity index (χ1v) is 10.2. The van der Waals surface area contributed by atoms with Crippen molar-refractivity contribution in [3.05, 3.63) is 5.89 Å². The van der Waals surface area contributed by atoms with Crippen molar-refractivity contribution in [1.82, 2.24) is 20.4 Å². The summed E-state index contributed by atoms with van der Waals surface area (Å²) in [6.07, 6.45) is 4.22. The highest BCUT2D eigenvalue weighted by Crippen LogP contribution is 2.26. The molecule has 8 nitrogen and oxygen atoms in total. The van der Waals surface area contributed by atoms with Crippen molar-refractivity contribution < 1.29 is 14.1 Å². The predicted octanol–water partition coefficient (Wildman–Crippen LogP) is 1.64. The Labute approximate surface area is 161 Å². The van der Waals surface area contributed by atoms with Gasteiger partial charge in [0, 0.05) is 45.2 Å². The Morgan fingerprint density at radius 3 is 2.74 bits per heavy atom. The molecule has 0 aromatic carbocycles. The van der Waals surface area contributed by atoms with Gasteiger partial charge in [-0.05, 0) is 37.4 Å². The molecule has 0 spiro atoms. The van der Waals surface area contributed by atoms with E-state index in [1.807, 2.05) is 0 Å². The van der Waals surface area contributed by atoms with Gasteiger partial charge < -0.3 is 19.5 Å². The van der Waals surface area contributed by atoms with Crippen molar-refractivity contribution >= 4 is 11.9 Å². The number of hydrogen-bond donors (Lipinski definition) is 1. The molecule has 0 saturated carbocycles. The minimum atomic E-state index is 0.0967. The van der Waals surface area contributed by atoms with E-state index in [-0.39, 0.29) is 17.7 Å². The van der Waals surface area contributed by atoms with Gasteiger partial charge in [0.15, 0.2) is 0 Å². The SMILES string of the molecule is COCCNC(=O)[C@@H]1CCCN(C2CCN(c3noc(C(C)C)n3)CC2)C1. The second-order valence-corrected chi connectivity index (χ2v) is 7.92. The number of aromatic nitrogens is 2. The Hall–Kier alpha value is -1.67. The number of carbonyl (C=O) groups is 1. The molecule has 0 bridgehead atoms. The molecule has 152 valence electrons. The van der Waals surface area contributed by atoms with Crippen molar-refractivity contribution in [1.29, 1.82) is 0 Å². The normalized spacial score (nSPS) is 22.4. The summed E-state index contributed by atoms with van der Waals surface area (Å²) in [5.41, 5.74) is 0. The lowest BCUT2D eigenvalue weighted by Crippen LogP contribution is -2.51. The van der Waals surface area contributed by atoms with Crippen molar-refractivity contribution in [2.24, 2.45) is 5.92 Å². The zero-order chi connectivity index (χ0) is 19.2. The minimum absolute atomic E-state index is 0.0967. The highest BCUT2D eigenvalue weighted by Gasteiger charge is 2.32. The van der Waals surface area contributed by atoms with E-state index in [9.17, 15) is 4.79 Å². The number of carbonyl (C=O) groups excluding carboxylic acids is 1. The highest BCUT2D eigenvalue weighted by atomic mass is 16.5. The molecular weight excluding hydrogens is 346 g/mol. The third kappa shape index (κ3) is 5.19. The lowest BCUT2D eigenvalue weighted by atomic mass is 9.93. The maximum absolute atomic E-state index is 12.4. The maximum atomic E-state index is 12.4. The van der Waals surface area contributed by atoms with E-state index >= 15 is 0 Å². The van der Waals surface area contributed by atoms with Gasteiger partial charge in [-0.25, -0.2) is 0 Å². The number of hydrogen-bond acceptors (Lipinski definition) is 7. The molecule has 0 unspecified atom stereocenters. The number of nitrogens with one attached hydrogen (secondary N) is 1. The van der Waals surface area contributed by atoms with Crippen LogP contribution in [-0.4, -0.2) is 73.4 Å². The summed E-state index contributed by atoms with van der Waals surface area (Å²) in [4.78, 5) is 21.6. The number of amides is 1. The fourth-order valence-electron chi connectivity index (χ4n) is 3.99. The summed E-state index contributed by atoms with van der Waals surface area (Å²) >= 11 is 0. The number of rotatable bonds is 7. The first-order valence-electron chi connectivity index (χ1n) is 10.2. The molecule has 2 fully saturated rings. The van der Waals surface area contributed by atoms with Crippen LogP contribution in [0.2, 0.25) is 0 Å². The third-order valence-corrected chi connectivity index (χ3v) is 5.62. The van der Waals surface area contributed by atoms with E-state index in [1.165, 1.54) is 0 Å². The van der Waals surface area contributed by atoms with Gasteiger partial charge in [0.1, 0.15) is 0 Å². The lowest BCUT2D eigenvalue weighted by molar-refractivity contribution is -0.127. The van der Waals surface area contributed by atoms with Crippen LogP contribution in [0.5, 0.6) is 0 Å². The van der Waals surface area contributed by atoms with E-state index in [1.54, 1.807) is 7.11 Å². The van der Waals surface area contributed by atoms with Crippen LogP contribution in [0.3, 0.4) is 0 Å². The molecule has 2 saturated heterocycles. The molecule has 0 radical (unpaired) electrons. The van der Waals surface area contributed by atoms with Gasteiger partial charge >= 0.3 is 0 Å². The molecule has 0 aliphatic carbocycles. The molecule has 27 heavy (non-hydrogen) atoms. The van der Waals surface area contributed by atoms with Gasteiger partial charge in [-0.2, -0.15) is 4.98 Å². The number of nitrogens with zero attached hydrogens (tertiary/aromatic N) is 4. The Morgan fingerprint density at radius 1 is 1.30 bits per heavy atom. The van der Waals surface area contributed by atoms with Gasteiger partial charge in [0.05, 0.1) is 12.5 Å². The van der Waals surface area contributed by atoms with Gasteiger partial charge in [-0.1, -0.05) is 13.8 Å². The Balaban J connectivity index is 1.47. The molecule has 3 heterocycles. The van der Waals surface area contributed by atoms with Crippen LogP contribution < -0.4 is 10.2 Å². The standard InChI is InChI=1S/C19H33N5O3/c1-14(2)18-21-19(22-27-18)23-10-6-16(7-11-23)24-9-4-5-15(13-24)17(25)20-8-12-26-3/h14-16H,4-13H2,1-3H3,(H,20,25)/t15-/m1/s1. The number of methoxy groups -OCH3 is 1. The second-order valence-electron chi connectivity index (χ2n) is 7.92. The predicted molar refractivity (Wildman–Crippen MR) is 103 cm³/mol. The average Bonchev–Trinajstić information content (AvgIpc) is 3.19. The molecule has 1 aromatic rings. The molecule has 1 amide bonds. The van der Waals surface area contributed by atoms with E-state index in [2.05, 4.69) is 39.1 Å². The van der Waals surface area contributed by atoms with Gasteiger partial charge in [0.25, 0.3) is 5.95 Å². The molecule has 2 aliphatic heterocycles. The van der Waals surface area contributed by atoms with E-state index in [4.69, 9.17) is 9.26 Å². The van der Waals surface area contributed by atoms with Crippen LogP contribution in [0, 0.1) is 5.92 Å². The summed E-state index contributed by atoms with van der Waals surface area (Å²) in [7, 11) is 1.65. The van der Waals surface area contributed by atoms with Crippen LogP contribution in [0.25, 0.3) is 0 Å². The third-order valence-electron chi connectivity index (χ3n) is 5.62. The number of ether oxygens (including phenoxy) is 1. The minimum Gasteiger partial charge on any atom is -0.383 e. The van der Waals surface area contributed by atoms with Crippen LogP contribution in [-0.2, 0) is 9.53 Å². The Bertz CT molecular complexity index is 598. The molecule has 8 heteroatoms. The van der Waals surface area contributed by atoms with E-state index in [0.717, 1.165) is 51.9 Å². The highest BCUT2D eigenvalue weighted by molar-refractivity contribution is 5.78. The number of anilines is 1. The second kappa shape index (κ2) is 9.50. The van der Waals surface area contributed by atoms with Crippen molar-refractivity contribution in [2.75, 3.05) is 51.3 Å². The first kappa shape index (κ1) is 20.1. The molecule has 1 atom stereocenters. The lowest BCUT2D eigenvalue weighted by Gasteiger charge is -2.41. The van der Waals surface area contributed by atoms with Gasteiger partial charge in [0.2, 0.25) is 11.8 Å². The van der Waals surface area contributed by atoms with E-state index in [0.29, 0.717) is 31.0 Å². The van der Waals surface area contributed by atoms with Crippen LogP contribution >= 0.6 is 0 Å². The first-order chi connectivity index (χ1) is 13.1. The Morgan fingerprint density at radius 2 is 2.07 bits per heavy atom. The Kier molecular flexibility index (Phi) is 7.07. The molecule has 2 aliphatic rings. The van der Waals surface area contributed by atoms with E-state index < -0.39 is 0 Å². The number of piperidine rings is 2. The maximum Gasteiger partial charge on any atom is 0.266 e. The summed E-state index contributed by atoms with van der Waals surface area (Å²) in [6.45, 7) is 9.09. The van der Waals surface area contributed by atoms with Crippen LogP contribution in [0.15, 0.2) is 4.52 Å². The summed E-state index contributed by atoms with van der Waals surface area (Å²) in [5, 5.41) is 7.12. The molecule has 3 rings (SSSR count). The zero-order valence-electron chi connectivity index (χ0n) is 16.8. The van der Waals surface area contributed by atoms with Crippen molar-refractivity contribution in [3.8, 4) is 0 Å². The van der Waals surface area contributed by atoms with Gasteiger partial charge in [-0.3, -0.25) is 9.69 Å². The smallest absolute Gasteiger partial charge is 0.266 e. The monoisotopic (exact) mass is 379 g/mol. The van der Waals surface area contributed by atoms with Crippen molar-refractivity contribution in [2.45, 2.75) is 51.5 Å². The molecule has 1 N–H and O–H groups in total. The van der Waals surface area contributed by atoms with Crippen LogP contribution in [0.4, 0.5) is 5.95 Å². The average molecular weight is 380 g/mol. The van der Waals surface area contributed by atoms with Crippen LogP contribution in [0.1, 0.15) is 51.3 Å². The largest absolute Gasteiger partial charge is 0.383 e. The fourth-order valence-corrected chi connectivity index (χ4v) is 3.99. The van der Waals surface area contributed by atoms with Gasteiger partial charge in [-0.15, -0.1) is 0 Å². The summed E-state index contributed by atoms with van der Waals surface area (Å²) in [5.74, 6) is 1.93. The summed E-state index contributed by atoms with van der Waals surface area (Å²) in [6, 6.07) is 0.535. The summed E-state index contributed by atoms with van der Waals surface area (Å²) < 4.78 is 10.3.